The van der Waals surface area contributed by atoms with Gasteiger partial charge in [0.15, 0.2) is 0 Å². The Morgan fingerprint density at radius 1 is 1.78 bits per heavy atom. The molecular weight excluding hydrogens is 180 g/mol. The second-order valence-corrected chi connectivity index (χ2v) is 2.75. The molecule has 0 aromatic carbocycles. The molecule has 0 aliphatic heterocycles. The Hall–Kier alpha value is -0.310. The van der Waals surface area contributed by atoms with Gasteiger partial charge in [0.05, 0.1) is 6.20 Å². The zero-order chi connectivity index (χ0) is 6.69. The molecule has 9 heavy (non-hydrogen) atoms. The van der Waals surface area contributed by atoms with Crippen molar-refractivity contribution < 1.29 is 0 Å². The van der Waals surface area contributed by atoms with E-state index in [0.29, 0.717) is 0 Å². The van der Waals surface area contributed by atoms with E-state index in [1.54, 1.807) is 0 Å². The lowest BCUT2D eigenvalue weighted by Gasteiger charge is -1.90. The number of H-pyrrole nitrogens is 1. The van der Waals surface area contributed by atoms with Gasteiger partial charge < -0.3 is 0 Å². The predicted molar refractivity (Wildman–Crippen MR) is 40.8 cm³/mol. The van der Waals surface area contributed by atoms with Gasteiger partial charge in [-0.3, -0.25) is 5.10 Å². The first-order valence-electron chi connectivity index (χ1n) is 2.89. The molecule has 0 saturated carbocycles. The van der Waals surface area contributed by atoms with Gasteiger partial charge in [0.1, 0.15) is 0 Å². The molecule has 1 N–H and O–H groups in total. The lowest BCUT2D eigenvalue weighted by Crippen LogP contribution is -1.84. The Labute approximate surface area is 62.8 Å². The number of nitrogens with one attached hydrogen (secondary N) is 1. The van der Waals surface area contributed by atoms with Crippen LogP contribution in [0.15, 0.2) is 6.20 Å². The molecule has 0 saturated heterocycles. The largest absolute Gasteiger partial charge is 0.283 e. The minimum absolute atomic E-state index is 1.01. The van der Waals surface area contributed by atoms with Crippen LogP contribution in [-0.4, -0.2) is 15.5 Å². The first kappa shape index (κ1) is 6.81. The second kappa shape index (κ2) is 3.01. The third-order valence-electron chi connectivity index (χ3n) is 1.30. The first-order valence-corrected chi connectivity index (χ1v) is 4.01. The molecule has 1 aromatic rings. The molecule has 0 radical (unpaired) electrons. The summed E-state index contributed by atoms with van der Waals surface area (Å²) < 4.78 is 0. The molecule has 0 aliphatic carbocycles. The van der Waals surface area contributed by atoms with Crippen LogP contribution in [0.5, 0.6) is 0 Å². The Bertz CT molecular complexity index is 183. The van der Waals surface area contributed by atoms with Gasteiger partial charge in [-0.2, -0.15) is 5.10 Å². The SMILES string of the molecule is Cc1[nH]ncc1CCBr. The monoisotopic (exact) mass is 188 g/mol. The molecule has 0 unspecified atom stereocenters. The van der Waals surface area contributed by atoms with Gasteiger partial charge in [-0.05, 0) is 18.9 Å². The molecule has 0 bridgehead atoms. The van der Waals surface area contributed by atoms with Crippen LogP contribution >= 0.6 is 15.9 Å². The van der Waals surface area contributed by atoms with Gasteiger partial charge >= 0.3 is 0 Å². The van der Waals surface area contributed by atoms with Crippen molar-refractivity contribution >= 4 is 15.9 Å². The van der Waals surface area contributed by atoms with Crippen molar-refractivity contribution in [1.82, 2.24) is 10.2 Å². The van der Waals surface area contributed by atoms with E-state index < -0.39 is 0 Å². The van der Waals surface area contributed by atoms with E-state index in [1.807, 2.05) is 13.1 Å². The molecule has 50 valence electrons. The van der Waals surface area contributed by atoms with Crippen molar-refractivity contribution in [2.45, 2.75) is 13.3 Å². The number of aromatic amines is 1. The van der Waals surface area contributed by atoms with Gasteiger partial charge in [0.25, 0.3) is 0 Å². The maximum Gasteiger partial charge on any atom is 0.0522 e. The molecule has 0 aliphatic rings. The number of hydrogen-bond donors (Lipinski definition) is 1. The molecule has 0 amide bonds. The minimum atomic E-state index is 1.01. The van der Waals surface area contributed by atoms with Crippen LogP contribution in [0.2, 0.25) is 0 Å². The summed E-state index contributed by atoms with van der Waals surface area (Å²) in [5.41, 5.74) is 2.47. The van der Waals surface area contributed by atoms with Crippen molar-refractivity contribution in [2.75, 3.05) is 5.33 Å². The Morgan fingerprint density at radius 3 is 3.00 bits per heavy atom. The molecule has 0 spiro atoms. The predicted octanol–water partition coefficient (Wildman–Crippen LogP) is 1.66. The number of hydrogen-bond acceptors (Lipinski definition) is 1. The molecule has 1 rings (SSSR count). The van der Waals surface area contributed by atoms with E-state index >= 15 is 0 Å². The third kappa shape index (κ3) is 1.55. The van der Waals surface area contributed by atoms with Crippen molar-refractivity contribution in [3.8, 4) is 0 Å². The van der Waals surface area contributed by atoms with Crippen LogP contribution in [0.25, 0.3) is 0 Å². The molecule has 1 aromatic heterocycles. The zero-order valence-electron chi connectivity index (χ0n) is 5.32. The molecular formula is C6H9BrN2. The maximum absolute atomic E-state index is 3.89. The van der Waals surface area contributed by atoms with Crippen LogP contribution < -0.4 is 0 Å². The molecule has 0 atom stereocenters. The van der Waals surface area contributed by atoms with Gasteiger partial charge in [0.2, 0.25) is 0 Å². The normalized spacial score (nSPS) is 10.0. The van der Waals surface area contributed by atoms with Gasteiger partial charge in [-0.1, -0.05) is 15.9 Å². The second-order valence-electron chi connectivity index (χ2n) is 1.96. The number of aromatic nitrogens is 2. The minimum Gasteiger partial charge on any atom is -0.283 e. The fourth-order valence-corrected chi connectivity index (χ4v) is 1.16. The van der Waals surface area contributed by atoms with Crippen LogP contribution in [0.4, 0.5) is 0 Å². The number of rotatable bonds is 2. The van der Waals surface area contributed by atoms with E-state index in [4.69, 9.17) is 0 Å². The lowest BCUT2D eigenvalue weighted by molar-refractivity contribution is 1.04. The smallest absolute Gasteiger partial charge is 0.0522 e. The fraction of sp³-hybridized carbons (Fsp3) is 0.500. The highest BCUT2D eigenvalue weighted by Crippen LogP contribution is 2.03. The number of halogens is 1. The average Bonchev–Trinajstić information content (AvgIpc) is 2.18. The van der Waals surface area contributed by atoms with E-state index in [1.165, 1.54) is 11.3 Å². The standard InChI is InChI=1S/C6H9BrN2/c1-5-6(2-3-7)4-8-9-5/h4H,2-3H2,1H3,(H,8,9). The quantitative estimate of drug-likeness (QED) is 0.704. The summed E-state index contributed by atoms with van der Waals surface area (Å²) in [6, 6.07) is 0. The van der Waals surface area contributed by atoms with E-state index in [2.05, 4.69) is 26.1 Å². The van der Waals surface area contributed by atoms with Crippen LogP contribution in [-0.2, 0) is 6.42 Å². The molecule has 2 nitrogen and oxygen atoms in total. The van der Waals surface area contributed by atoms with Crippen molar-refractivity contribution in [1.29, 1.82) is 0 Å². The summed E-state index contributed by atoms with van der Waals surface area (Å²) in [5, 5.41) is 7.78. The van der Waals surface area contributed by atoms with Crippen LogP contribution in [0.1, 0.15) is 11.3 Å². The van der Waals surface area contributed by atoms with Gasteiger partial charge in [-0.15, -0.1) is 0 Å². The third-order valence-corrected chi connectivity index (χ3v) is 1.69. The average molecular weight is 189 g/mol. The molecule has 3 heteroatoms. The van der Waals surface area contributed by atoms with Gasteiger partial charge in [0, 0.05) is 11.0 Å². The van der Waals surface area contributed by atoms with Crippen molar-refractivity contribution in [3.05, 3.63) is 17.5 Å². The summed E-state index contributed by atoms with van der Waals surface area (Å²) >= 11 is 3.36. The van der Waals surface area contributed by atoms with Crippen molar-refractivity contribution in [3.63, 3.8) is 0 Å². The first-order chi connectivity index (χ1) is 4.34. The van der Waals surface area contributed by atoms with Crippen LogP contribution in [0, 0.1) is 6.92 Å². The number of nitrogens with zero attached hydrogens (tertiary/aromatic N) is 1. The highest BCUT2D eigenvalue weighted by molar-refractivity contribution is 9.09. The fourth-order valence-electron chi connectivity index (χ4n) is 0.729. The Morgan fingerprint density at radius 2 is 2.56 bits per heavy atom. The number of alkyl halides is 1. The highest BCUT2D eigenvalue weighted by Gasteiger charge is 1.96. The van der Waals surface area contributed by atoms with E-state index in [-0.39, 0.29) is 0 Å². The molecule has 0 fully saturated rings. The maximum atomic E-state index is 3.89. The summed E-state index contributed by atoms with van der Waals surface area (Å²) in [6.07, 6.45) is 2.93. The van der Waals surface area contributed by atoms with E-state index in [0.717, 1.165) is 11.8 Å². The molecule has 1 heterocycles. The zero-order valence-corrected chi connectivity index (χ0v) is 6.90. The summed E-state index contributed by atoms with van der Waals surface area (Å²) in [4.78, 5) is 0. The van der Waals surface area contributed by atoms with Crippen LogP contribution in [0.3, 0.4) is 0 Å². The lowest BCUT2D eigenvalue weighted by atomic mass is 10.2. The topological polar surface area (TPSA) is 28.7 Å². The Kier molecular flexibility index (Phi) is 2.28. The summed E-state index contributed by atoms with van der Waals surface area (Å²) in [6.45, 7) is 2.03. The summed E-state index contributed by atoms with van der Waals surface area (Å²) in [5.74, 6) is 0. The highest BCUT2D eigenvalue weighted by atomic mass is 79.9. The summed E-state index contributed by atoms with van der Waals surface area (Å²) in [7, 11) is 0. The number of aryl methyl sites for hydroxylation is 2. The Balaban J connectivity index is 2.69. The van der Waals surface area contributed by atoms with Gasteiger partial charge in [-0.25, -0.2) is 0 Å². The van der Waals surface area contributed by atoms with E-state index in [9.17, 15) is 0 Å². The van der Waals surface area contributed by atoms with Crippen molar-refractivity contribution in [2.24, 2.45) is 0 Å².